The zero-order valence-corrected chi connectivity index (χ0v) is 4.79. The second-order valence-electron chi connectivity index (χ2n) is 1.54. The number of nitrogens with two attached hydrogens (primary N) is 1. The van der Waals surface area contributed by atoms with Crippen molar-refractivity contribution >= 4 is 16.8 Å². The molecule has 0 aliphatic rings. The van der Waals surface area contributed by atoms with Crippen LogP contribution < -0.4 is 5.41 Å². The average molecular weight is 107 g/mol. The van der Waals surface area contributed by atoms with Crippen LogP contribution in [0.25, 0.3) is 0 Å². The van der Waals surface area contributed by atoms with Gasteiger partial charge in [0, 0.05) is 5.92 Å². The topological polar surface area (TPSA) is 25.6 Å². The van der Waals surface area contributed by atoms with Gasteiger partial charge < -0.3 is 0 Å². The summed E-state index contributed by atoms with van der Waals surface area (Å²) in [5.74, 6) is 0.312. The lowest BCUT2D eigenvalue weighted by atomic mass is 10.2. The average Bonchev–Trinajstić information content (AvgIpc) is 1.36. The van der Waals surface area contributed by atoms with Gasteiger partial charge in [0.1, 0.15) is 0 Å². The van der Waals surface area contributed by atoms with Crippen LogP contribution in [-0.2, 0) is 0 Å². The lowest BCUT2D eigenvalue weighted by molar-refractivity contribution is -0.114. The highest BCUT2D eigenvalue weighted by Gasteiger charge is 2.00. The van der Waals surface area contributed by atoms with E-state index in [0.717, 1.165) is 0 Å². The van der Waals surface area contributed by atoms with Gasteiger partial charge in [-0.3, -0.25) is 0 Å². The molecule has 0 bridgehead atoms. The molecule has 0 atom stereocenters. The Morgan fingerprint density at radius 2 is 1.83 bits per heavy atom. The Bertz CT molecular complexity index is 58.6. The minimum Gasteiger partial charge on any atom is -0.248 e. The van der Waals surface area contributed by atoms with Crippen LogP contribution in [0, 0.1) is 5.92 Å². The Balaban J connectivity index is 3.26. The Kier molecular flexibility index (Phi) is 2.18. The summed E-state index contributed by atoms with van der Waals surface area (Å²) in [6.07, 6.45) is 0. The van der Waals surface area contributed by atoms with Gasteiger partial charge in [0.2, 0.25) is 5.17 Å². The highest BCUT2D eigenvalue weighted by Crippen LogP contribution is 1.92. The number of halogens is 1. The quantitative estimate of drug-likeness (QED) is 0.457. The van der Waals surface area contributed by atoms with E-state index < -0.39 is 0 Å². The molecule has 0 aromatic heterocycles. The molecule has 36 valence electrons. The standard InChI is InChI=1S/C4H8ClN/c1-3(2)4(5)6/h3,6H,1-2H3/p+1. The van der Waals surface area contributed by atoms with Crippen LogP contribution in [0.1, 0.15) is 13.8 Å². The van der Waals surface area contributed by atoms with Gasteiger partial charge in [-0.15, -0.1) is 0 Å². The van der Waals surface area contributed by atoms with Crippen molar-refractivity contribution in [1.82, 2.24) is 0 Å². The fraction of sp³-hybridized carbons (Fsp3) is 0.750. The van der Waals surface area contributed by atoms with E-state index in [1.165, 1.54) is 0 Å². The van der Waals surface area contributed by atoms with Gasteiger partial charge in [-0.2, -0.15) is 0 Å². The number of hydrogen-bond acceptors (Lipinski definition) is 0. The van der Waals surface area contributed by atoms with E-state index in [4.69, 9.17) is 17.0 Å². The van der Waals surface area contributed by atoms with Gasteiger partial charge in [-0.25, -0.2) is 5.41 Å². The molecule has 6 heavy (non-hydrogen) atoms. The van der Waals surface area contributed by atoms with E-state index in [1.807, 2.05) is 13.8 Å². The molecule has 0 fully saturated rings. The number of hydrogen-bond donors (Lipinski definition) is 1. The molecule has 0 spiro atoms. The SMILES string of the molecule is CC(C)C(=[NH2+])Cl. The maximum absolute atomic E-state index is 5.31. The minimum atomic E-state index is 0.312. The van der Waals surface area contributed by atoms with Crippen LogP contribution in [-0.4, -0.2) is 5.17 Å². The lowest BCUT2D eigenvalue weighted by Gasteiger charge is -1.86. The molecule has 0 aromatic carbocycles. The smallest absolute Gasteiger partial charge is 0.244 e. The van der Waals surface area contributed by atoms with E-state index in [-0.39, 0.29) is 0 Å². The summed E-state index contributed by atoms with van der Waals surface area (Å²) in [4.78, 5) is 0. The van der Waals surface area contributed by atoms with Crippen molar-refractivity contribution in [1.29, 1.82) is 0 Å². The minimum absolute atomic E-state index is 0.312. The van der Waals surface area contributed by atoms with E-state index >= 15 is 0 Å². The summed E-state index contributed by atoms with van der Waals surface area (Å²) in [6.45, 7) is 3.89. The molecule has 1 nitrogen and oxygen atoms in total. The van der Waals surface area contributed by atoms with Crippen molar-refractivity contribution < 1.29 is 5.41 Å². The maximum atomic E-state index is 5.31. The summed E-state index contributed by atoms with van der Waals surface area (Å²) < 4.78 is 0. The van der Waals surface area contributed by atoms with Gasteiger partial charge in [0.15, 0.2) is 0 Å². The Morgan fingerprint density at radius 1 is 1.67 bits per heavy atom. The van der Waals surface area contributed by atoms with Crippen molar-refractivity contribution in [3.63, 3.8) is 0 Å². The third-order valence-corrected chi connectivity index (χ3v) is 0.988. The molecule has 0 unspecified atom stereocenters. The molecule has 0 heterocycles. The first-order valence-electron chi connectivity index (χ1n) is 1.92. The van der Waals surface area contributed by atoms with Crippen LogP contribution in [0.3, 0.4) is 0 Å². The first-order chi connectivity index (χ1) is 2.64. The fourth-order valence-electron chi connectivity index (χ4n) is 0. The highest BCUT2D eigenvalue weighted by atomic mass is 35.5. The molecular weight excluding hydrogens is 97.5 g/mol. The first kappa shape index (κ1) is 5.96. The summed E-state index contributed by atoms with van der Waals surface area (Å²) in [7, 11) is 0. The van der Waals surface area contributed by atoms with E-state index in [9.17, 15) is 0 Å². The molecule has 0 saturated carbocycles. The summed E-state index contributed by atoms with van der Waals surface area (Å²) >= 11 is 5.31. The maximum Gasteiger partial charge on any atom is 0.244 e. The monoisotopic (exact) mass is 106 g/mol. The largest absolute Gasteiger partial charge is 0.248 e. The van der Waals surface area contributed by atoms with Crippen molar-refractivity contribution in [2.75, 3.05) is 0 Å². The number of rotatable bonds is 1. The molecule has 0 aromatic rings. The van der Waals surface area contributed by atoms with Gasteiger partial charge in [0.05, 0.1) is 0 Å². The van der Waals surface area contributed by atoms with E-state index in [0.29, 0.717) is 11.1 Å². The van der Waals surface area contributed by atoms with Crippen LogP contribution in [0.5, 0.6) is 0 Å². The second kappa shape index (κ2) is 2.19. The fourth-order valence-corrected chi connectivity index (χ4v) is 0. The highest BCUT2D eigenvalue weighted by molar-refractivity contribution is 6.63. The van der Waals surface area contributed by atoms with Crippen molar-refractivity contribution in [2.24, 2.45) is 5.92 Å². The second-order valence-corrected chi connectivity index (χ2v) is 1.98. The zero-order chi connectivity index (χ0) is 5.15. The van der Waals surface area contributed by atoms with E-state index in [1.54, 1.807) is 0 Å². The molecule has 2 N–H and O–H groups in total. The van der Waals surface area contributed by atoms with Crippen LogP contribution in [0.4, 0.5) is 0 Å². The Morgan fingerprint density at radius 3 is 1.83 bits per heavy atom. The predicted octanol–water partition coefficient (Wildman–Crippen LogP) is 0.0388. The Labute approximate surface area is 42.8 Å². The summed E-state index contributed by atoms with van der Waals surface area (Å²) in [5, 5.41) is 5.60. The van der Waals surface area contributed by atoms with Crippen molar-refractivity contribution in [3.05, 3.63) is 0 Å². The van der Waals surface area contributed by atoms with Gasteiger partial charge in [0.25, 0.3) is 0 Å². The third kappa shape index (κ3) is 2.21. The van der Waals surface area contributed by atoms with Crippen LogP contribution in [0.15, 0.2) is 0 Å². The first-order valence-corrected chi connectivity index (χ1v) is 2.30. The van der Waals surface area contributed by atoms with Crippen molar-refractivity contribution in [3.8, 4) is 0 Å². The van der Waals surface area contributed by atoms with Crippen LogP contribution in [0.2, 0.25) is 0 Å². The molecule has 0 saturated heterocycles. The summed E-state index contributed by atoms with van der Waals surface area (Å²) in [5.41, 5.74) is 0. The van der Waals surface area contributed by atoms with Crippen LogP contribution >= 0.6 is 11.6 Å². The third-order valence-electron chi connectivity index (χ3n) is 0.552. The molecular formula is C4H9ClN+. The molecule has 0 aliphatic heterocycles. The summed E-state index contributed by atoms with van der Waals surface area (Å²) in [6, 6.07) is 0. The van der Waals surface area contributed by atoms with Crippen molar-refractivity contribution in [2.45, 2.75) is 13.8 Å². The molecule has 0 aliphatic carbocycles. The molecule has 0 radical (unpaired) electrons. The normalized spacial score (nSPS) is 9.33. The van der Waals surface area contributed by atoms with Gasteiger partial charge in [-0.1, -0.05) is 13.8 Å². The van der Waals surface area contributed by atoms with Gasteiger partial charge in [-0.05, 0) is 11.6 Å². The Hall–Kier alpha value is -0.0400. The molecule has 2 heteroatoms. The predicted molar refractivity (Wildman–Crippen MR) is 27.6 cm³/mol. The zero-order valence-electron chi connectivity index (χ0n) is 4.03. The lowest BCUT2D eigenvalue weighted by Crippen LogP contribution is -2.38. The molecule has 0 amide bonds. The van der Waals surface area contributed by atoms with E-state index in [2.05, 4.69) is 0 Å². The van der Waals surface area contributed by atoms with Gasteiger partial charge >= 0.3 is 0 Å². The molecule has 0 rings (SSSR count).